The van der Waals surface area contributed by atoms with Crippen LogP contribution < -0.4 is 5.46 Å². The molecule has 0 fully saturated rings. The summed E-state index contributed by atoms with van der Waals surface area (Å²) in [6.45, 7) is 5.77. The monoisotopic (exact) mass is 251 g/mol. The Morgan fingerprint density at radius 2 is 2.06 bits per heavy atom. The highest BCUT2D eigenvalue weighted by Gasteiger charge is 2.19. The maximum absolute atomic E-state index is 13.1. The van der Waals surface area contributed by atoms with Gasteiger partial charge in [-0.1, -0.05) is 11.5 Å². The smallest absolute Gasteiger partial charge is 0.410 e. The maximum Gasteiger partial charge on any atom is 0.410 e. The Hall–Kier alpha value is -1.52. The van der Waals surface area contributed by atoms with E-state index >= 15 is 0 Å². The Labute approximate surface area is 108 Å². The van der Waals surface area contributed by atoms with Crippen molar-refractivity contribution in [2.45, 2.75) is 32.9 Å². The fourth-order valence-corrected chi connectivity index (χ4v) is 1.47. The summed E-state index contributed by atoms with van der Waals surface area (Å²) >= 11 is 0. The number of hydrogen-bond donors (Lipinski definition) is 0. The number of halogens is 1. The topological polar surface area (TPSA) is 29.5 Å². The molecule has 0 saturated carbocycles. The molecule has 0 radical (unpaired) electrons. The minimum Gasteiger partial charge on any atom is -0.444 e. The van der Waals surface area contributed by atoms with Crippen LogP contribution in [-0.4, -0.2) is 31.5 Å². The van der Waals surface area contributed by atoms with Crippen LogP contribution in [0.15, 0.2) is 18.2 Å². The van der Waals surface area contributed by atoms with Gasteiger partial charge in [0.25, 0.3) is 0 Å². The summed E-state index contributed by atoms with van der Waals surface area (Å²) in [7, 11) is 3.52. The van der Waals surface area contributed by atoms with Crippen molar-refractivity contribution >= 4 is 19.4 Å². The van der Waals surface area contributed by atoms with Gasteiger partial charge < -0.3 is 9.64 Å². The van der Waals surface area contributed by atoms with Gasteiger partial charge in [-0.25, -0.2) is 9.18 Å². The van der Waals surface area contributed by atoms with Crippen molar-refractivity contribution < 1.29 is 13.9 Å². The first-order chi connectivity index (χ1) is 8.19. The lowest BCUT2D eigenvalue weighted by atomic mass is 9.90. The van der Waals surface area contributed by atoms with E-state index in [1.807, 2.05) is 28.6 Å². The van der Waals surface area contributed by atoms with E-state index in [1.165, 1.54) is 17.0 Å². The summed E-state index contributed by atoms with van der Waals surface area (Å²) in [5.74, 6) is -0.298. The highest BCUT2D eigenvalue weighted by Crippen LogP contribution is 2.11. The molecule has 5 heteroatoms. The molecule has 0 unspecified atom stereocenters. The van der Waals surface area contributed by atoms with Crippen molar-refractivity contribution in [3.63, 3.8) is 0 Å². The number of rotatable bonds is 2. The van der Waals surface area contributed by atoms with Crippen LogP contribution >= 0.6 is 0 Å². The summed E-state index contributed by atoms with van der Waals surface area (Å²) in [5.41, 5.74) is 1.21. The minimum atomic E-state index is -0.525. The summed E-state index contributed by atoms with van der Waals surface area (Å²) in [6.07, 6.45) is -0.411. The predicted octanol–water partition coefficient (Wildman–Crippen LogP) is 1.45. The summed E-state index contributed by atoms with van der Waals surface area (Å²) in [6, 6.07) is 4.55. The zero-order valence-electron chi connectivity index (χ0n) is 11.6. The van der Waals surface area contributed by atoms with Crippen LogP contribution in [0.4, 0.5) is 9.18 Å². The Morgan fingerprint density at radius 1 is 1.44 bits per heavy atom. The number of nitrogens with zero attached hydrogens (tertiary/aromatic N) is 1. The van der Waals surface area contributed by atoms with E-state index in [0.717, 1.165) is 11.0 Å². The molecule has 3 nitrogen and oxygen atoms in total. The highest BCUT2D eigenvalue weighted by atomic mass is 19.1. The van der Waals surface area contributed by atoms with Crippen molar-refractivity contribution in [1.29, 1.82) is 0 Å². The van der Waals surface area contributed by atoms with Crippen LogP contribution in [0, 0.1) is 5.82 Å². The van der Waals surface area contributed by atoms with Gasteiger partial charge >= 0.3 is 6.09 Å². The van der Waals surface area contributed by atoms with Crippen molar-refractivity contribution in [3.05, 3.63) is 29.6 Å². The molecule has 0 aliphatic carbocycles. The van der Waals surface area contributed by atoms with Crippen LogP contribution in [0.2, 0.25) is 0 Å². The van der Waals surface area contributed by atoms with Crippen LogP contribution in [0.5, 0.6) is 0 Å². The number of carbonyl (C=O) groups is 1. The van der Waals surface area contributed by atoms with Gasteiger partial charge in [-0.05, 0) is 38.5 Å². The molecule has 0 atom stereocenters. The van der Waals surface area contributed by atoms with Crippen LogP contribution in [0.25, 0.3) is 0 Å². The fourth-order valence-electron chi connectivity index (χ4n) is 1.47. The molecule has 0 N–H and O–H groups in total. The zero-order chi connectivity index (χ0) is 13.9. The van der Waals surface area contributed by atoms with Gasteiger partial charge in [-0.2, -0.15) is 0 Å². The largest absolute Gasteiger partial charge is 0.444 e. The number of hydrogen-bond acceptors (Lipinski definition) is 2. The Bertz CT molecular complexity index is 443. The second kappa shape index (κ2) is 5.42. The first-order valence-corrected chi connectivity index (χ1v) is 5.88. The van der Waals surface area contributed by atoms with Crippen LogP contribution in [0.3, 0.4) is 0 Å². The third kappa shape index (κ3) is 4.39. The lowest BCUT2D eigenvalue weighted by molar-refractivity contribution is 0.0285. The molecule has 0 spiro atoms. The molecule has 1 aromatic rings. The average molecular weight is 251 g/mol. The number of ether oxygens (including phenoxy) is 1. The van der Waals surface area contributed by atoms with Crippen LogP contribution in [0.1, 0.15) is 26.3 Å². The lowest BCUT2D eigenvalue weighted by Crippen LogP contribution is -2.34. The van der Waals surface area contributed by atoms with Gasteiger partial charge in [0.05, 0.1) is 0 Å². The minimum absolute atomic E-state index is 0.298. The van der Waals surface area contributed by atoms with E-state index in [9.17, 15) is 9.18 Å². The molecular formula is C13H19BFNO2. The molecule has 1 aromatic carbocycles. The molecule has 0 aliphatic rings. The molecular weight excluding hydrogens is 232 g/mol. The van der Waals surface area contributed by atoms with Gasteiger partial charge in [0, 0.05) is 13.6 Å². The van der Waals surface area contributed by atoms with E-state index in [1.54, 1.807) is 13.1 Å². The second-order valence-electron chi connectivity index (χ2n) is 5.41. The third-order valence-corrected chi connectivity index (χ3v) is 2.42. The van der Waals surface area contributed by atoms with E-state index in [4.69, 9.17) is 4.74 Å². The third-order valence-electron chi connectivity index (χ3n) is 2.42. The Balaban J connectivity index is 2.72. The van der Waals surface area contributed by atoms with Gasteiger partial charge in [-0.3, -0.25) is 0 Å². The Kier molecular flexibility index (Phi) is 4.38. The van der Waals surface area contributed by atoms with Gasteiger partial charge in [0.15, 0.2) is 0 Å². The molecule has 0 bridgehead atoms. The van der Waals surface area contributed by atoms with Crippen LogP contribution in [-0.2, 0) is 11.3 Å². The van der Waals surface area contributed by atoms with Gasteiger partial charge in [-0.15, -0.1) is 0 Å². The zero-order valence-corrected chi connectivity index (χ0v) is 11.6. The molecule has 98 valence electrons. The summed E-state index contributed by atoms with van der Waals surface area (Å²) in [4.78, 5) is 13.2. The first-order valence-electron chi connectivity index (χ1n) is 5.88. The molecule has 1 amide bonds. The molecule has 1 rings (SSSR count). The highest BCUT2D eigenvalue weighted by molar-refractivity contribution is 6.33. The standard InChI is InChI=1S/C13H19BFNO2/c1-13(2,3)18-12(17)16(4)8-9-7-10(15)5-6-11(9)14/h5-7H,8,14H2,1-4H3. The van der Waals surface area contributed by atoms with E-state index in [-0.39, 0.29) is 5.82 Å². The number of amides is 1. The van der Waals surface area contributed by atoms with Crippen molar-refractivity contribution in [1.82, 2.24) is 4.90 Å². The van der Waals surface area contributed by atoms with E-state index in [2.05, 4.69) is 0 Å². The maximum atomic E-state index is 13.1. The lowest BCUT2D eigenvalue weighted by Gasteiger charge is -2.25. The summed E-state index contributed by atoms with van der Waals surface area (Å²) in [5, 5.41) is 0. The molecule has 0 heterocycles. The summed E-state index contributed by atoms with van der Waals surface area (Å²) < 4.78 is 18.4. The molecule has 0 aromatic heterocycles. The normalized spacial score (nSPS) is 11.2. The van der Waals surface area contributed by atoms with E-state index < -0.39 is 11.7 Å². The molecule has 0 aliphatic heterocycles. The average Bonchev–Trinajstić information content (AvgIpc) is 2.21. The van der Waals surface area contributed by atoms with Crippen molar-refractivity contribution in [2.24, 2.45) is 0 Å². The van der Waals surface area contributed by atoms with E-state index in [0.29, 0.717) is 6.54 Å². The molecule has 18 heavy (non-hydrogen) atoms. The van der Waals surface area contributed by atoms with Crippen molar-refractivity contribution in [2.75, 3.05) is 7.05 Å². The van der Waals surface area contributed by atoms with Gasteiger partial charge in [0.1, 0.15) is 19.3 Å². The Morgan fingerprint density at radius 3 is 2.61 bits per heavy atom. The fraction of sp³-hybridized carbons (Fsp3) is 0.462. The first kappa shape index (κ1) is 14.5. The second-order valence-corrected chi connectivity index (χ2v) is 5.41. The van der Waals surface area contributed by atoms with Crippen molar-refractivity contribution in [3.8, 4) is 0 Å². The quantitative estimate of drug-likeness (QED) is 0.744. The van der Waals surface area contributed by atoms with Gasteiger partial charge in [0.2, 0.25) is 0 Å². The molecule has 0 saturated heterocycles. The SMILES string of the molecule is Bc1ccc(F)cc1CN(C)C(=O)OC(C)(C)C. The number of benzene rings is 1. The number of carbonyl (C=O) groups excluding carboxylic acids is 1. The predicted molar refractivity (Wildman–Crippen MR) is 72.3 cm³/mol.